The number of anilines is 1. The Morgan fingerprint density at radius 1 is 0.974 bits per heavy atom. The molecule has 0 bridgehead atoms. The van der Waals surface area contributed by atoms with Crippen LogP contribution in [0.3, 0.4) is 0 Å². The summed E-state index contributed by atoms with van der Waals surface area (Å²) in [5, 5.41) is 7.03. The number of piperidine rings is 1. The van der Waals surface area contributed by atoms with Gasteiger partial charge < -0.3 is 15.4 Å². The van der Waals surface area contributed by atoms with E-state index in [0.29, 0.717) is 38.2 Å². The summed E-state index contributed by atoms with van der Waals surface area (Å²) in [7, 11) is 0. The number of hydrogen-bond donors (Lipinski definition) is 2. The quantitative estimate of drug-likeness (QED) is 0.369. The van der Waals surface area contributed by atoms with Gasteiger partial charge in [-0.2, -0.15) is 11.8 Å². The molecule has 6 rings (SSSR count). The van der Waals surface area contributed by atoms with Crippen molar-refractivity contribution in [2.24, 2.45) is 0 Å². The molecule has 2 N–H and O–H groups in total. The van der Waals surface area contributed by atoms with E-state index in [2.05, 4.69) is 10.6 Å². The van der Waals surface area contributed by atoms with Gasteiger partial charge in [0.05, 0.1) is 6.04 Å². The molecule has 1 spiro atoms. The fourth-order valence-corrected chi connectivity index (χ4v) is 7.51. The Morgan fingerprint density at radius 3 is 2.53 bits per heavy atom. The Labute approximate surface area is 234 Å². The van der Waals surface area contributed by atoms with Crippen molar-refractivity contribution in [3.05, 3.63) is 93.2 Å². The number of rotatable bonds is 4. The van der Waals surface area contributed by atoms with E-state index in [1.165, 1.54) is 12.1 Å². The lowest BCUT2D eigenvalue weighted by molar-refractivity contribution is -0.131. The van der Waals surface area contributed by atoms with Crippen LogP contribution in [0.1, 0.15) is 47.9 Å². The van der Waals surface area contributed by atoms with Crippen molar-refractivity contribution >= 4 is 52.5 Å². The van der Waals surface area contributed by atoms with Crippen LogP contribution in [0.2, 0.25) is 10.0 Å². The predicted molar refractivity (Wildman–Crippen MR) is 149 cm³/mol. The summed E-state index contributed by atoms with van der Waals surface area (Å²) in [6.07, 6.45) is 1.84. The number of nitrogens with one attached hydrogen (secondary N) is 2. The average molecular weight is 572 g/mol. The first-order valence-electron chi connectivity index (χ1n) is 12.6. The number of hydrogen-bond acceptors (Lipinski definition) is 4. The van der Waals surface area contributed by atoms with Crippen LogP contribution in [0.4, 0.5) is 10.1 Å². The molecule has 2 fully saturated rings. The predicted octanol–water partition coefficient (Wildman–Crippen LogP) is 6.64. The molecule has 0 radical (unpaired) electrons. The fraction of sp³-hybridized carbons (Fsp3) is 0.310. The molecule has 3 aromatic carbocycles. The van der Waals surface area contributed by atoms with Gasteiger partial charge in [0, 0.05) is 33.6 Å². The van der Waals surface area contributed by atoms with Gasteiger partial charge in [-0.15, -0.1) is 0 Å². The Morgan fingerprint density at radius 2 is 1.74 bits per heavy atom. The van der Waals surface area contributed by atoms with Gasteiger partial charge in [0.15, 0.2) is 0 Å². The molecule has 196 valence electrons. The van der Waals surface area contributed by atoms with Crippen molar-refractivity contribution in [3.63, 3.8) is 0 Å². The second-order valence-electron chi connectivity index (χ2n) is 9.94. The Bertz CT molecular complexity index is 1430. The van der Waals surface area contributed by atoms with E-state index in [9.17, 15) is 14.0 Å². The van der Waals surface area contributed by atoms with E-state index in [4.69, 9.17) is 27.9 Å². The molecule has 3 unspecified atom stereocenters. The van der Waals surface area contributed by atoms with Crippen molar-refractivity contribution in [1.29, 1.82) is 0 Å². The van der Waals surface area contributed by atoms with Crippen LogP contribution < -0.4 is 15.4 Å². The number of carbonyl (C=O) groups is 2. The molecule has 0 aromatic heterocycles. The third-order valence-corrected chi connectivity index (χ3v) is 9.27. The average Bonchev–Trinajstić information content (AvgIpc) is 3.18. The number of amides is 2. The van der Waals surface area contributed by atoms with Crippen molar-refractivity contribution in [2.75, 3.05) is 16.8 Å². The second-order valence-corrected chi connectivity index (χ2v) is 12.0. The number of thioether (sulfide) groups is 1. The SMILES string of the molecule is O=C1CC(c2cccc(F)c2)C2(C(=O)Nc3cc(Cl)ccc32)C(c2cc(Cl)ccc2OC2CCSCC2)N1. The number of ether oxygens (including phenoxy) is 1. The number of benzene rings is 3. The highest BCUT2D eigenvalue weighted by Gasteiger charge is 2.61. The summed E-state index contributed by atoms with van der Waals surface area (Å²) in [6, 6.07) is 15.9. The lowest BCUT2D eigenvalue weighted by Gasteiger charge is -2.46. The van der Waals surface area contributed by atoms with Gasteiger partial charge in [-0.05, 0) is 77.9 Å². The fourth-order valence-electron chi connectivity index (χ4n) is 6.10. The number of fused-ring (bicyclic) bond motifs is 2. The first-order valence-corrected chi connectivity index (χ1v) is 14.5. The molecule has 5 nitrogen and oxygen atoms in total. The van der Waals surface area contributed by atoms with Crippen LogP contribution in [0, 0.1) is 5.82 Å². The molecule has 3 aliphatic heterocycles. The molecule has 3 heterocycles. The number of carbonyl (C=O) groups excluding carboxylic acids is 2. The zero-order valence-electron chi connectivity index (χ0n) is 20.3. The largest absolute Gasteiger partial charge is 0.490 e. The summed E-state index contributed by atoms with van der Waals surface area (Å²) in [5.74, 6) is 0.963. The van der Waals surface area contributed by atoms with Crippen molar-refractivity contribution in [3.8, 4) is 5.75 Å². The maximum atomic E-state index is 14.5. The lowest BCUT2D eigenvalue weighted by atomic mass is 9.59. The molecule has 2 amide bonds. The molecule has 0 saturated carbocycles. The lowest BCUT2D eigenvalue weighted by Crippen LogP contribution is -2.57. The van der Waals surface area contributed by atoms with Gasteiger partial charge in [0.25, 0.3) is 0 Å². The normalized spacial score (nSPS) is 25.1. The third-order valence-electron chi connectivity index (χ3n) is 7.75. The van der Waals surface area contributed by atoms with Crippen molar-refractivity contribution in [1.82, 2.24) is 5.32 Å². The van der Waals surface area contributed by atoms with E-state index in [-0.39, 0.29) is 24.3 Å². The third kappa shape index (κ3) is 4.34. The van der Waals surface area contributed by atoms with E-state index in [1.54, 1.807) is 42.5 Å². The zero-order chi connectivity index (χ0) is 26.4. The Kier molecular flexibility index (Phi) is 6.79. The Balaban J connectivity index is 1.57. The summed E-state index contributed by atoms with van der Waals surface area (Å²) >= 11 is 14.7. The Hall–Kier alpha value is -2.74. The van der Waals surface area contributed by atoms with Crippen LogP contribution in [0.25, 0.3) is 0 Å². The first-order chi connectivity index (χ1) is 18.4. The molecule has 3 aliphatic rings. The van der Waals surface area contributed by atoms with E-state index < -0.39 is 23.2 Å². The highest BCUT2D eigenvalue weighted by atomic mass is 35.5. The monoisotopic (exact) mass is 570 g/mol. The smallest absolute Gasteiger partial charge is 0.238 e. The molecular formula is C29H25Cl2FN2O3S. The minimum absolute atomic E-state index is 0.00600. The molecule has 0 aliphatic carbocycles. The van der Waals surface area contributed by atoms with Gasteiger partial charge in [0.2, 0.25) is 11.8 Å². The van der Waals surface area contributed by atoms with Crippen LogP contribution >= 0.6 is 35.0 Å². The minimum atomic E-state index is -1.30. The van der Waals surface area contributed by atoms with Gasteiger partial charge in [0.1, 0.15) is 23.1 Å². The summed E-state index contributed by atoms with van der Waals surface area (Å²) in [5.41, 5.74) is 1.14. The van der Waals surface area contributed by atoms with E-state index >= 15 is 0 Å². The first kappa shape index (κ1) is 25.5. The molecule has 3 aromatic rings. The molecular weight excluding hydrogens is 546 g/mol. The van der Waals surface area contributed by atoms with Gasteiger partial charge in [-0.3, -0.25) is 9.59 Å². The van der Waals surface area contributed by atoms with Crippen LogP contribution in [0.15, 0.2) is 60.7 Å². The minimum Gasteiger partial charge on any atom is -0.490 e. The second kappa shape index (κ2) is 10.1. The maximum Gasteiger partial charge on any atom is 0.238 e. The zero-order valence-corrected chi connectivity index (χ0v) is 22.6. The maximum absolute atomic E-state index is 14.5. The van der Waals surface area contributed by atoms with Crippen LogP contribution in [-0.4, -0.2) is 29.4 Å². The molecule has 2 saturated heterocycles. The van der Waals surface area contributed by atoms with Gasteiger partial charge in [-0.25, -0.2) is 4.39 Å². The summed E-state index contributed by atoms with van der Waals surface area (Å²) in [6.45, 7) is 0. The molecule has 3 atom stereocenters. The van der Waals surface area contributed by atoms with Gasteiger partial charge in [-0.1, -0.05) is 41.4 Å². The highest BCUT2D eigenvalue weighted by Crippen LogP contribution is 2.58. The molecule has 9 heteroatoms. The standard InChI is InChI=1S/C29H25Cl2FN2O3S/c30-17-5-7-25(37-20-8-10-38-11-9-20)21(13-17)27-29(22-6-4-18(31)14-24(22)33-28(29)36)23(15-26(35)34-27)16-2-1-3-19(32)12-16/h1-7,12-14,20,23,27H,8-11,15H2,(H,33,36)(H,34,35). The number of halogens is 3. The van der Waals surface area contributed by atoms with E-state index in [0.717, 1.165) is 24.3 Å². The van der Waals surface area contributed by atoms with E-state index in [1.807, 2.05) is 17.8 Å². The van der Waals surface area contributed by atoms with Crippen molar-refractivity contribution < 1.29 is 18.7 Å². The van der Waals surface area contributed by atoms with Crippen LogP contribution in [-0.2, 0) is 15.0 Å². The summed E-state index contributed by atoms with van der Waals surface area (Å²) < 4.78 is 21.0. The summed E-state index contributed by atoms with van der Waals surface area (Å²) in [4.78, 5) is 27.5. The molecule has 38 heavy (non-hydrogen) atoms. The highest BCUT2D eigenvalue weighted by molar-refractivity contribution is 7.99. The topological polar surface area (TPSA) is 67.4 Å². The van der Waals surface area contributed by atoms with Gasteiger partial charge >= 0.3 is 0 Å². The van der Waals surface area contributed by atoms with Crippen LogP contribution in [0.5, 0.6) is 5.75 Å². The van der Waals surface area contributed by atoms with Crippen molar-refractivity contribution in [2.45, 2.75) is 42.7 Å².